The van der Waals surface area contributed by atoms with Crippen LogP contribution in [0.25, 0.3) is 0 Å². The predicted octanol–water partition coefficient (Wildman–Crippen LogP) is 0.570. The van der Waals surface area contributed by atoms with Gasteiger partial charge in [-0.05, 0) is 38.5 Å². The molecule has 1 heterocycles. The summed E-state index contributed by atoms with van der Waals surface area (Å²) in [6, 6.07) is 0. The molecule has 1 rings (SSSR count). The third-order valence-corrected chi connectivity index (χ3v) is 5.18. The number of nitrogens with one attached hydrogen (secondary N) is 4. The monoisotopic (exact) mass is 396 g/mol. The third kappa shape index (κ3) is 5.94. The van der Waals surface area contributed by atoms with Gasteiger partial charge in [0, 0.05) is 26.2 Å². The maximum absolute atomic E-state index is 12.6. The number of rotatable bonds is 0. The molecule has 1 aliphatic rings. The Morgan fingerprint density at radius 1 is 0.464 bits per heavy atom. The van der Waals surface area contributed by atoms with E-state index in [9.17, 15) is 19.2 Å². The van der Waals surface area contributed by atoms with Gasteiger partial charge >= 0.3 is 0 Å². The summed E-state index contributed by atoms with van der Waals surface area (Å²) in [6.07, 6.45) is 0. The quantitative estimate of drug-likeness (QED) is 0.448. The number of carbonyl (C=O) groups is 4. The van der Waals surface area contributed by atoms with Crippen molar-refractivity contribution in [3.8, 4) is 0 Å². The molecule has 1 fully saturated rings. The third-order valence-electron chi connectivity index (χ3n) is 5.18. The van der Waals surface area contributed by atoms with Gasteiger partial charge in [0.15, 0.2) is 0 Å². The first-order chi connectivity index (χ1) is 12.5. The highest BCUT2D eigenvalue weighted by Gasteiger charge is 2.40. The molecule has 8 nitrogen and oxygen atoms in total. The zero-order valence-corrected chi connectivity index (χ0v) is 18.5. The molecule has 0 atom stereocenters. The van der Waals surface area contributed by atoms with E-state index >= 15 is 0 Å². The highest BCUT2D eigenvalue weighted by Crippen LogP contribution is 2.22. The zero-order valence-electron chi connectivity index (χ0n) is 18.5. The summed E-state index contributed by atoms with van der Waals surface area (Å²) in [4.78, 5) is 50.3. The summed E-state index contributed by atoms with van der Waals surface area (Å²) in [5.74, 6) is -1.49. The largest absolute Gasteiger partial charge is 0.355 e. The summed E-state index contributed by atoms with van der Waals surface area (Å²) < 4.78 is 0. The number of carbonyl (C=O) groups excluding carboxylic acids is 4. The molecule has 0 spiro atoms. The lowest BCUT2D eigenvalue weighted by Gasteiger charge is -2.33. The molecule has 0 aliphatic carbocycles. The van der Waals surface area contributed by atoms with E-state index in [1.165, 1.54) is 0 Å². The molecule has 1 saturated heterocycles. The molecule has 8 heteroatoms. The fraction of sp³-hybridized carbons (Fsp3) is 0.800. The van der Waals surface area contributed by atoms with E-state index in [2.05, 4.69) is 21.3 Å². The lowest BCUT2D eigenvalue weighted by Crippen LogP contribution is -2.55. The Kier molecular flexibility index (Phi) is 6.91. The Hall–Kier alpha value is -2.12. The summed E-state index contributed by atoms with van der Waals surface area (Å²) in [5, 5.41) is 11.2. The molecule has 0 aromatic heterocycles. The van der Waals surface area contributed by atoms with Crippen LogP contribution in [0.5, 0.6) is 0 Å². The van der Waals surface area contributed by atoms with Gasteiger partial charge in [-0.1, -0.05) is 27.7 Å². The molecule has 4 N–H and O–H groups in total. The van der Waals surface area contributed by atoms with Crippen LogP contribution in [0.4, 0.5) is 0 Å². The van der Waals surface area contributed by atoms with Gasteiger partial charge in [-0.2, -0.15) is 0 Å². The Labute approximate surface area is 168 Å². The summed E-state index contributed by atoms with van der Waals surface area (Å²) >= 11 is 0. The second kappa shape index (κ2) is 8.09. The minimum Gasteiger partial charge on any atom is -0.355 e. The van der Waals surface area contributed by atoms with Gasteiger partial charge in [0.1, 0.15) is 10.8 Å². The van der Waals surface area contributed by atoms with E-state index in [0.717, 1.165) is 0 Å². The first kappa shape index (κ1) is 23.9. The molecule has 0 radical (unpaired) electrons. The van der Waals surface area contributed by atoms with Gasteiger partial charge in [-0.25, -0.2) is 0 Å². The van der Waals surface area contributed by atoms with Crippen LogP contribution in [-0.2, 0) is 19.2 Å². The first-order valence-corrected chi connectivity index (χ1v) is 9.64. The molecule has 0 aromatic rings. The lowest BCUT2D eigenvalue weighted by atomic mass is 9.86. The second-order valence-corrected chi connectivity index (χ2v) is 10.3. The smallest absolute Gasteiger partial charge is 0.235 e. The molecule has 28 heavy (non-hydrogen) atoms. The highest BCUT2D eigenvalue weighted by atomic mass is 16.2. The Morgan fingerprint density at radius 3 is 0.821 bits per heavy atom. The maximum atomic E-state index is 12.6. The van der Waals surface area contributed by atoms with Crippen LogP contribution >= 0.6 is 0 Å². The van der Waals surface area contributed by atoms with Crippen molar-refractivity contribution >= 4 is 23.6 Å². The normalized spacial score (nSPS) is 25.7. The molecule has 0 aromatic carbocycles. The molecular formula is C20H36N4O4. The topological polar surface area (TPSA) is 116 Å². The zero-order chi connectivity index (χ0) is 22.0. The standard InChI is InChI=1S/C20H36N4O4/c1-17(2)9-21-13(25)19(5,6)15(27)23-11-18(3,4)12-24-16(28)20(7,8)14(26)22-10-17/h9-12H2,1-8H3,(H,21,25)(H,22,26)(H,23,27)(H,24,28). The van der Waals surface area contributed by atoms with E-state index in [1.54, 1.807) is 27.7 Å². The van der Waals surface area contributed by atoms with E-state index in [4.69, 9.17) is 0 Å². The molecule has 0 unspecified atom stereocenters. The summed E-state index contributed by atoms with van der Waals surface area (Å²) in [7, 11) is 0. The van der Waals surface area contributed by atoms with Gasteiger partial charge in [-0.15, -0.1) is 0 Å². The first-order valence-electron chi connectivity index (χ1n) is 9.64. The van der Waals surface area contributed by atoms with Gasteiger partial charge in [0.2, 0.25) is 23.6 Å². The summed E-state index contributed by atoms with van der Waals surface area (Å²) in [6.45, 7) is 15.0. The van der Waals surface area contributed by atoms with Crippen molar-refractivity contribution < 1.29 is 19.2 Å². The summed E-state index contributed by atoms with van der Waals surface area (Å²) in [5.41, 5.74) is -3.39. The van der Waals surface area contributed by atoms with Crippen LogP contribution in [-0.4, -0.2) is 49.8 Å². The molecule has 0 saturated carbocycles. The predicted molar refractivity (Wildman–Crippen MR) is 107 cm³/mol. The van der Waals surface area contributed by atoms with Crippen LogP contribution in [0.3, 0.4) is 0 Å². The SMILES string of the molecule is CC1(C)CNC(=O)C(C)(C)C(=O)NCC(C)(C)CNC(=O)C(C)(C)C(=O)NC1. The maximum Gasteiger partial charge on any atom is 0.235 e. The van der Waals surface area contributed by atoms with Crippen molar-refractivity contribution in [2.24, 2.45) is 21.7 Å². The van der Waals surface area contributed by atoms with Crippen molar-refractivity contribution in [1.29, 1.82) is 0 Å². The van der Waals surface area contributed by atoms with E-state index in [0.29, 0.717) is 0 Å². The van der Waals surface area contributed by atoms with Gasteiger partial charge in [0.05, 0.1) is 0 Å². The van der Waals surface area contributed by atoms with Gasteiger partial charge in [0.25, 0.3) is 0 Å². The fourth-order valence-corrected chi connectivity index (χ4v) is 2.49. The number of hydrogen-bond donors (Lipinski definition) is 4. The van der Waals surface area contributed by atoms with Crippen LogP contribution < -0.4 is 21.3 Å². The van der Waals surface area contributed by atoms with Gasteiger partial charge in [-0.3, -0.25) is 19.2 Å². The number of amides is 4. The van der Waals surface area contributed by atoms with Crippen molar-refractivity contribution in [1.82, 2.24) is 21.3 Å². The molecular weight excluding hydrogens is 360 g/mol. The molecule has 0 bridgehead atoms. The van der Waals surface area contributed by atoms with Crippen molar-refractivity contribution in [3.63, 3.8) is 0 Å². The Balaban J connectivity index is 3.11. The lowest BCUT2D eigenvalue weighted by molar-refractivity contribution is -0.142. The van der Waals surface area contributed by atoms with Crippen molar-refractivity contribution in [2.45, 2.75) is 55.4 Å². The van der Waals surface area contributed by atoms with E-state index < -0.39 is 21.7 Å². The van der Waals surface area contributed by atoms with E-state index in [-0.39, 0.29) is 49.8 Å². The minimum absolute atomic E-state index is 0.279. The highest BCUT2D eigenvalue weighted by molar-refractivity contribution is 6.05. The van der Waals surface area contributed by atoms with E-state index in [1.807, 2.05) is 27.7 Å². The minimum atomic E-state index is -1.24. The average molecular weight is 397 g/mol. The van der Waals surface area contributed by atoms with Crippen LogP contribution in [0.15, 0.2) is 0 Å². The Morgan fingerprint density at radius 2 is 0.643 bits per heavy atom. The van der Waals surface area contributed by atoms with Crippen LogP contribution in [0, 0.1) is 21.7 Å². The van der Waals surface area contributed by atoms with Crippen molar-refractivity contribution in [3.05, 3.63) is 0 Å². The molecule has 1 aliphatic heterocycles. The average Bonchev–Trinajstić information content (AvgIpc) is 2.59. The molecule has 160 valence electrons. The van der Waals surface area contributed by atoms with Gasteiger partial charge < -0.3 is 21.3 Å². The molecule has 4 amide bonds. The Bertz CT molecular complexity index is 547. The van der Waals surface area contributed by atoms with Crippen LogP contribution in [0.1, 0.15) is 55.4 Å². The van der Waals surface area contributed by atoms with Crippen LogP contribution in [0.2, 0.25) is 0 Å². The second-order valence-electron chi connectivity index (χ2n) is 10.3. The number of hydrogen-bond acceptors (Lipinski definition) is 4. The fourth-order valence-electron chi connectivity index (χ4n) is 2.49. The van der Waals surface area contributed by atoms with Crippen molar-refractivity contribution in [2.75, 3.05) is 26.2 Å².